The SMILES string of the molecule is CCC1=N[C@@H](CO)[C@@H](c2ccccc2)O1. The van der Waals surface area contributed by atoms with Crippen molar-refractivity contribution in [3.8, 4) is 0 Å². The van der Waals surface area contributed by atoms with Gasteiger partial charge < -0.3 is 9.84 Å². The maximum absolute atomic E-state index is 9.22. The van der Waals surface area contributed by atoms with Crippen molar-refractivity contribution in [2.45, 2.75) is 25.5 Å². The van der Waals surface area contributed by atoms with Gasteiger partial charge in [0.25, 0.3) is 0 Å². The summed E-state index contributed by atoms with van der Waals surface area (Å²) in [6, 6.07) is 9.76. The van der Waals surface area contributed by atoms with E-state index in [1.807, 2.05) is 37.3 Å². The number of aliphatic hydroxyl groups is 1. The summed E-state index contributed by atoms with van der Waals surface area (Å²) >= 11 is 0. The van der Waals surface area contributed by atoms with Crippen molar-refractivity contribution in [1.29, 1.82) is 0 Å². The maximum atomic E-state index is 9.22. The van der Waals surface area contributed by atoms with Gasteiger partial charge in [-0.15, -0.1) is 0 Å². The summed E-state index contributed by atoms with van der Waals surface area (Å²) in [7, 11) is 0. The molecule has 15 heavy (non-hydrogen) atoms. The lowest BCUT2D eigenvalue weighted by molar-refractivity contribution is 0.149. The molecule has 2 rings (SSSR count). The maximum Gasteiger partial charge on any atom is 0.184 e. The number of ether oxygens (including phenoxy) is 1. The van der Waals surface area contributed by atoms with Gasteiger partial charge in [0.15, 0.2) is 5.90 Å². The molecule has 2 atom stereocenters. The molecule has 0 saturated heterocycles. The van der Waals surface area contributed by atoms with Crippen LogP contribution in [0.2, 0.25) is 0 Å². The van der Waals surface area contributed by atoms with E-state index in [4.69, 9.17) is 4.74 Å². The number of hydrogen-bond donors (Lipinski definition) is 1. The Bertz CT molecular complexity index is 348. The summed E-state index contributed by atoms with van der Waals surface area (Å²) in [6.07, 6.45) is 0.658. The summed E-state index contributed by atoms with van der Waals surface area (Å²) in [4.78, 5) is 4.33. The average Bonchev–Trinajstić information content (AvgIpc) is 2.73. The van der Waals surface area contributed by atoms with Crippen molar-refractivity contribution >= 4 is 5.90 Å². The first-order chi connectivity index (χ1) is 7.35. The minimum atomic E-state index is -0.151. The van der Waals surface area contributed by atoms with Crippen LogP contribution >= 0.6 is 0 Å². The first-order valence-corrected chi connectivity index (χ1v) is 5.24. The minimum absolute atomic E-state index is 0.0308. The Balaban J connectivity index is 2.19. The molecule has 0 unspecified atom stereocenters. The van der Waals surface area contributed by atoms with Crippen LogP contribution in [0.3, 0.4) is 0 Å². The lowest BCUT2D eigenvalue weighted by Gasteiger charge is -2.15. The summed E-state index contributed by atoms with van der Waals surface area (Å²) in [5, 5.41) is 9.22. The quantitative estimate of drug-likeness (QED) is 0.819. The second-order valence-corrected chi connectivity index (χ2v) is 3.58. The zero-order valence-corrected chi connectivity index (χ0v) is 8.76. The van der Waals surface area contributed by atoms with Crippen LogP contribution in [0, 0.1) is 0 Å². The number of nitrogens with zero attached hydrogens (tertiary/aromatic N) is 1. The first kappa shape index (κ1) is 10.2. The fourth-order valence-electron chi connectivity index (χ4n) is 1.75. The first-order valence-electron chi connectivity index (χ1n) is 5.24. The smallest absolute Gasteiger partial charge is 0.184 e. The Morgan fingerprint density at radius 1 is 1.33 bits per heavy atom. The van der Waals surface area contributed by atoms with E-state index >= 15 is 0 Å². The molecule has 1 heterocycles. The molecule has 0 fully saturated rings. The molecule has 1 aliphatic heterocycles. The highest BCUT2D eigenvalue weighted by atomic mass is 16.5. The Hall–Kier alpha value is -1.35. The van der Waals surface area contributed by atoms with Gasteiger partial charge >= 0.3 is 0 Å². The highest BCUT2D eigenvalue weighted by Gasteiger charge is 2.30. The molecule has 0 saturated carbocycles. The van der Waals surface area contributed by atoms with Crippen LogP contribution in [0.5, 0.6) is 0 Å². The van der Waals surface area contributed by atoms with Gasteiger partial charge in [0, 0.05) is 6.42 Å². The summed E-state index contributed by atoms with van der Waals surface area (Å²) in [5.41, 5.74) is 1.07. The topological polar surface area (TPSA) is 41.8 Å². The van der Waals surface area contributed by atoms with Gasteiger partial charge in [-0.05, 0) is 5.56 Å². The molecule has 1 N–H and O–H groups in total. The molecule has 0 aliphatic carbocycles. The predicted molar refractivity (Wildman–Crippen MR) is 58.9 cm³/mol. The van der Waals surface area contributed by atoms with E-state index in [1.165, 1.54) is 0 Å². The highest BCUT2D eigenvalue weighted by molar-refractivity contribution is 5.78. The summed E-state index contributed by atoms with van der Waals surface area (Å²) in [6.45, 7) is 2.03. The zero-order chi connectivity index (χ0) is 10.7. The van der Waals surface area contributed by atoms with Gasteiger partial charge in [-0.25, -0.2) is 4.99 Å². The number of rotatable bonds is 3. The predicted octanol–water partition coefficient (Wildman–Crippen LogP) is 1.93. The molecule has 3 nitrogen and oxygen atoms in total. The van der Waals surface area contributed by atoms with E-state index < -0.39 is 0 Å². The minimum Gasteiger partial charge on any atom is -0.471 e. The van der Waals surface area contributed by atoms with Crippen molar-refractivity contribution < 1.29 is 9.84 Å². The van der Waals surface area contributed by atoms with Gasteiger partial charge in [0.05, 0.1) is 6.61 Å². The molecule has 0 spiro atoms. The van der Waals surface area contributed by atoms with Gasteiger partial charge in [0.1, 0.15) is 12.1 Å². The third kappa shape index (κ3) is 2.02. The van der Waals surface area contributed by atoms with Gasteiger partial charge in [0.2, 0.25) is 0 Å². The normalized spacial score (nSPS) is 24.8. The highest BCUT2D eigenvalue weighted by Crippen LogP contribution is 2.29. The van der Waals surface area contributed by atoms with Crippen LogP contribution in [0.4, 0.5) is 0 Å². The van der Waals surface area contributed by atoms with Crippen molar-refractivity contribution in [3.05, 3.63) is 35.9 Å². The van der Waals surface area contributed by atoms with E-state index in [0.717, 1.165) is 17.9 Å². The van der Waals surface area contributed by atoms with Crippen molar-refractivity contribution in [1.82, 2.24) is 0 Å². The number of benzene rings is 1. The van der Waals surface area contributed by atoms with E-state index in [0.29, 0.717) is 0 Å². The monoisotopic (exact) mass is 205 g/mol. The van der Waals surface area contributed by atoms with Crippen LogP contribution in [-0.4, -0.2) is 23.7 Å². The number of aliphatic hydroxyl groups excluding tert-OH is 1. The van der Waals surface area contributed by atoms with E-state index in [1.54, 1.807) is 0 Å². The molecule has 0 aromatic heterocycles. The van der Waals surface area contributed by atoms with Crippen molar-refractivity contribution in [2.24, 2.45) is 4.99 Å². The fraction of sp³-hybridized carbons (Fsp3) is 0.417. The molecule has 1 aromatic rings. The van der Waals surface area contributed by atoms with Crippen LogP contribution in [0.25, 0.3) is 0 Å². The van der Waals surface area contributed by atoms with E-state index in [9.17, 15) is 5.11 Å². The summed E-state index contributed by atoms with van der Waals surface area (Å²) < 4.78 is 5.69. The van der Waals surface area contributed by atoms with Crippen molar-refractivity contribution in [3.63, 3.8) is 0 Å². The Kier molecular flexibility index (Phi) is 3.02. The third-order valence-corrected chi connectivity index (χ3v) is 2.54. The van der Waals surface area contributed by atoms with Gasteiger partial charge in [-0.1, -0.05) is 37.3 Å². The molecule has 80 valence electrons. The Morgan fingerprint density at radius 2 is 2.07 bits per heavy atom. The molecule has 3 heteroatoms. The average molecular weight is 205 g/mol. The molecular weight excluding hydrogens is 190 g/mol. The Morgan fingerprint density at radius 3 is 2.67 bits per heavy atom. The standard InChI is InChI=1S/C12H15NO2/c1-2-11-13-10(8-14)12(15-11)9-6-4-3-5-7-9/h3-7,10,12,14H,2,8H2,1H3/t10-,12+/m0/s1. The van der Waals surface area contributed by atoms with Crippen LogP contribution in [0.15, 0.2) is 35.3 Å². The van der Waals surface area contributed by atoms with Crippen LogP contribution in [0.1, 0.15) is 25.0 Å². The molecule has 0 amide bonds. The molecule has 0 radical (unpaired) electrons. The van der Waals surface area contributed by atoms with Gasteiger partial charge in [-0.3, -0.25) is 0 Å². The second kappa shape index (κ2) is 4.45. The second-order valence-electron chi connectivity index (χ2n) is 3.58. The largest absolute Gasteiger partial charge is 0.471 e. The Labute approximate surface area is 89.4 Å². The number of hydrogen-bond acceptors (Lipinski definition) is 3. The van der Waals surface area contributed by atoms with Crippen molar-refractivity contribution in [2.75, 3.05) is 6.61 Å². The molecule has 1 aliphatic rings. The lowest BCUT2D eigenvalue weighted by Crippen LogP contribution is -2.17. The van der Waals surface area contributed by atoms with Crippen LogP contribution in [-0.2, 0) is 4.74 Å². The van der Waals surface area contributed by atoms with Gasteiger partial charge in [-0.2, -0.15) is 0 Å². The van der Waals surface area contributed by atoms with E-state index in [-0.39, 0.29) is 18.8 Å². The summed E-state index contributed by atoms with van der Waals surface area (Å²) in [5.74, 6) is 0.739. The van der Waals surface area contributed by atoms with E-state index in [2.05, 4.69) is 4.99 Å². The zero-order valence-electron chi connectivity index (χ0n) is 8.76. The fourth-order valence-corrected chi connectivity index (χ4v) is 1.75. The molecule has 0 bridgehead atoms. The lowest BCUT2D eigenvalue weighted by atomic mass is 10.0. The number of aliphatic imine (C=N–C) groups is 1. The third-order valence-electron chi connectivity index (χ3n) is 2.54. The van der Waals surface area contributed by atoms with Crippen LogP contribution < -0.4 is 0 Å². The molecule has 1 aromatic carbocycles. The molecular formula is C12H15NO2.